The molecule has 5 nitrogen and oxygen atoms in total. The van der Waals surface area contributed by atoms with Crippen molar-refractivity contribution >= 4 is 5.91 Å². The number of carbonyl (C=O) groups excluding carboxylic acids is 1. The molecule has 0 aliphatic rings. The third-order valence-corrected chi connectivity index (χ3v) is 2.96. The molecule has 0 aliphatic carbocycles. The predicted octanol–water partition coefficient (Wildman–Crippen LogP) is 2.43. The largest absolute Gasteiger partial charge is 0.490 e. The van der Waals surface area contributed by atoms with Crippen molar-refractivity contribution in [1.82, 2.24) is 5.32 Å². The van der Waals surface area contributed by atoms with E-state index in [0.29, 0.717) is 18.6 Å². The Kier molecular flexibility index (Phi) is 7.59. The molecule has 124 valence electrons. The van der Waals surface area contributed by atoms with E-state index in [-0.39, 0.29) is 24.0 Å². The van der Waals surface area contributed by atoms with Gasteiger partial charge in [0.15, 0.2) is 11.5 Å². The highest BCUT2D eigenvalue weighted by Crippen LogP contribution is 2.32. The van der Waals surface area contributed by atoms with E-state index in [4.69, 9.17) is 10.5 Å². The Morgan fingerprint density at radius 3 is 2.68 bits per heavy atom. The second-order valence-corrected chi connectivity index (χ2v) is 4.67. The summed E-state index contributed by atoms with van der Waals surface area (Å²) < 4.78 is 34.9. The van der Waals surface area contributed by atoms with Gasteiger partial charge in [0.05, 0.1) is 12.6 Å². The van der Waals surface area contributed by atoms with Crippen molar-refractivity contribution in [2.75, 3.05) is 6.61 Å². The van der Waals surface area contributed by atoms with Gasteiger partial charge in [-0.15, -0.1) is 0 Å². The molecule has 0 bridgehead atoms. The van der Waals surface area contributed by atoms with Crippen LogP contribution < -0.4 is 20.5 Å². The van der Waals surface area contributed by atoms with Gasteiger partial charge in [-0.1, -0.05) is 25.5 Å². The van der Waals surface area contributed by atoms with E-state index in [1.54, 1.807) is 19.1 Å². The van der Waals surface area contributed by atoms with E-state index in [1.165, 1.54) is 6.07 Å². The minimum Gasteiger partial charge on any atom is -0.490 e. The van der Waals surface area contributed by atoms with Gasteiger partial charge < -0.3 is 20.5 Å². The average molecular weight is 316 g/mol. The van der Waals surface area contributed by atoms with Crippen LogP contribution in [0.4, 0.5) is 8.78 Å². The van der Waals surface area contributed by atoms with Gasteiger partial charge in [-0.25, -0.2) is 0 Å². The number of benzene rings is 1. The molecule has 1 atom stereocenters. The molecule has 3 N–H and O–H groups in total. The molecule has 22 heavy (non-hydrogen) atoms. The first-order chi connectivity index (χ1) is 10.5. The molecule has 0 saturated carbocycles. The summed E-state index contributed by atoms with van der Waals surface area (Å²) in [5.41, 5.74) is 6.11. The van der Waals surface area contributed by atoms with Gasteiger partial charge in [0.2, 0.25) is 5.91 Å². The van der Waals surface area contributed by atoms with Gasteiger partial charge in [-0.3, -0.25) is 4.79 Å². The molecule has 0 radical (unpaired) electrons. The van der Waals surface area contributed by atoms with Crippen LogP contribution in [0.5, 0.6) is 11.5 Å². The molecule has 1 aromatic rings. The van der Waals surface area contributed by atoms with Gasteiger partial charge in [0, 0.05) is 12.1 Å². The molecular formula is C15H22F2N2O3. The van der Waals surface area contributed by atoms with Gasteiger partial charge in [0.1, 0.15) is 0 Å². The number of nitrogens with two attached hydrogens (primary N) is 1. The SMILES string of the molecule is CCCC(N)C(=O)NCc1cccc(OCC)c1OC(F)F. The molecule has 0 aromatic heterocycles. The Morgan fingerprint density at radius 1 is 1.36 bits per heavy atom. The first kappa shape index (κ1) is 18.2. The lowest BCUT2D eigenvalue weighted by molar-refractivity contribution is -0.122. The second-order valence-electron chi connectivity index (χ2n) is 4.67. The fraction of sp³-hybridized carbons (Fsp3) is 0.533. The molecule has 0 fully saturated rings. The third-order valence-electron chi connectivity index (χ3n) is 2.96. The van der Waals surface area contributed by atoms with Crippen molar-refractivity contribution in [3.05, 3.63) is 23.8 Å². The highest BCUT2D eigenvalue weighted by molar-refractivity contribution is 5.81. The third kappa shape index (κ3) is 5.48. The van der Waals surface area contributed by atoms with Crippen molar-refractivity contribution in [2.24, 2.45) is 5.73 Å². The highest BCUT2D eigenvalue weighted by Gasteiger charge is 2.17. The summed E-state index contributed by atoms with van der Waals surface area (Å²) in [6.07, 6.45) is 1.35. The van der Waals surface area contributed by atoms with E-state index in [2.05, 4.69) is 10.1 Å². The van der Waals surface area contributed by atoms with Crippen LogP contribution in [0, 0.1) is 0 Å². The quantitative estimate of drug-likeness (QED) is 0.734. The molecule has 1 rings (SSSR count). The maximum atomic E-state index is 12.6. The maximum absolute atomic E-state index is 12.6. The summed E-state index contributed by atoms with van der Waals surface area (Å²) in [6, 6.07) is 4.16. The number of carbonyl (C=O) groups is 1. The summed E-state index contributed by atoms with van der Waals surface area (Å²) in [7, 11) is 0. The zero-order chi connectivity index (χ0) is 16.5. The topological polar surface area (TPSA) is 73.6 Å². The molecule has 7 heteroatoms. The molecule has 0 saturated heterocycles. The number of ether oxygens (including phenoxy) is 2. The summed E-state index contributed by atoms with van der Waals surface area (Å²) in [5, 5.41) is 2.62. The summed E-state index contributed by atoms with van der Waals surface area (Å²) in [5.74, 6) is -0.178. The number of hydrogen-bond donors (Lipinski definition) is 2. The average Bonchev–Trinajstić information content (AvgIpc) is 2.47. The van der Waals surface area contributed by atoms with E-state index in [0.717, 1.165) is 6.42 Å². The van der Waals surface area contributed by atoms with Crippen molar-refractivity contribution in [1.29, 1.82) is 0 Å². The second kappa shape index (κ2) is 9.19. The molecule has 0 aliphatic heterocycles. The standard InChI is InChI=1S/C15H22F2N2O3/c1-3-6-11(18)14(20)19-9-10-7-5-8-12(21-4-2)13(10)22-15(16)17/h5,7-8,11,15H,3-4,6,9,18H2,1-2H3,(H,19,20). The first-order valence-electron chi connectivity index (χ1n) is 7.22. The minimum absolute atomic E-state index is 0.0409. The molecule has 1 aromatic carbocycles. The molecule has 0 spiro atoms. The smallest absolute Gasteiger partial charge is 0.387 e. The van der Waals surface area contributed by atoms with Gasteiger partial charge in [-0.2, -0.15) is 8.78 Å². The van der Waals surface area contributed by atoms with Crippen LogP contribution in [0.1, 0.15) is 32.3 Å². The minimum atomic E-state index is -2.97. The highest BCUT2D eigenvalue weighted by atomic mass is 19.3. The van der Waals surface area contributed by atoms with Crippen LogP contribution in [0.2, 0.25) is 0 Å². The van der Waals surface area contributed by atoms with Crippen LogP contribution >= 0.6 is 0 Å². The van der Waals surface area contributed by atoms with Crippen LogP contribution in [-0.2, 0) is 11.3 Å². The lowest BCUT2D eigenvalue weighted by atomic mass is 10.1. The number of halogens is 2. The zero-order valence-corrected chi connectivity index (χ0v) is 12.8. The lowest BCUT2D eigenvalue weighted by Crippen LogP contribution is -2.40. The Hall–Kier alpha value is -1.89. The Labute approximate surface area is 128 Å². The van der Waals surface area contributed by atoms with Crippen LogP contribution in [0.3, 0.4) is 0 Å². The van der Waals surface area contributed by atoms with Gasteiger partial charge in [-0.05, 0) is 19.4 Å². The summed E-state index contributed by atoms with van der Waals surface area (Å²) in [6.45, 7) is 1.05. The number of para-hydroxylation sites is 1. The number of alkyl halides is 2. The lowest BCUT2D eigenvalue weighted by Gasteiger charge is -2.16. The summed E-state index contributed by atoms with van der Waals surface area (Å²) >= 11 is 0. The molecule has 0 heterocycles. The number of hydrogen-bond acceptors (Lipinski definition) is 4. The Morgan fingerprint density at radius 2 is 2.09 bits per heavy atom. The molecule has 1 unspecified atom stereocenters. The van der Waals surface area contributed by atoms with Crippen molar-refractivity contribution in [2.45, 2.75) is 45.9 Å². The molecule has 1 amide bonds. The zero-order valence-electron chi connectivity index (χ0n) is 12.8. The van der Waals surface area contributed by atoms with E-state index in [9.17, 15) is 13.6 Å². The van der Waals surface area contributed by atoms with E-state index >= 15 is 0 Å². The summed E-state index contributed by atoms with van der Waals surface area (Å²) in [4.78, 5) is 11.8. The monoisotopic (exact) mass is 316 g/mol. The number of amides is 1. The van der Waals surface area contributed by atoms with E-state index < -0.39 is 12.7 Å². The van der Waals surface area contributed by atoms with Gasteiger partial charge in [0.25, 0.3) is 0 Å². The normalized spacial score (nSPS) is 12.1. The van der Waals surface area contributed by atoms with Crippen molar-refractivity contribution in [3.63, 3.8) is 0 Å². The van der Waals surface area contributed by atoms with E-state index in [1.807, 2.05) is 6.92 Å². The van der Waals surface area contributed by atoms with Crippen molar-refractivity contribution in [3.8, 4) is 11.5 Å². The first-order valence-corrected chi connectivity index (χ1v) is 7.22. The van der Waals surface area contributed by atoms with Crippen molar-refractivity contribution < 1.29 is 23.0 Å². The number of nitrogens with one attached hydrogen (secondary N) is 1. The Bertz CT molecular complexity index is 484. The Balaban J connectivity index is 2.84. The fourth-order valence-electron chi connectivity index (χ4n) is 1.95. The molecular weight excluding hydrogens is 294 g/mol. The number of rotatable bonds is 9. The predicted molar refractivity (Wildman–Crippen MR) is 79.0 cm³/mol. The van der Waals surface area contributed by atoms with Crippen LogP contribution in [0.25, 0.3) is 0 Å². The van der Waals surface area contributed by atoms with Gasteiger partial charge >= 0.3 is 6.61 Å². The van der Waals surface area contributed by atoms with Crippen LogP contribution in [0.15, 0.2) is 18.2 Å². The maximum Gasteiger partial charge on any atom is 0.387 e. The fourth-order valence-corrected chi connectivity index (χ4v) is 1.95. The van der Waals surface area contributed by atoms with Crippen LogP contribution in [-0.4, -0.2) is 25.2 Å².